The van der Waals surface area contributed by atoms with Crippen LogP contribution in [0.25, 0.3) is 0 Å². The van der Waals surface area contributed by atoms with Gasteiger partial charge in [0.2, 0.25) is 0 Å². The summed E-state index contributed by atoms with van der Waals surface area (Å²) in [4.78, 5) is 3.55. The predicted octanol–water partition coefficient (Wildman–Crippen LogP) is 2.35. The molecule has 0 radical (unpaired) electrons. The van der Waals surface area contributed by atoms with E-state index in [0.29, 0.717) is 6.54 Å². The molecule has 1 rings (SSSR count). The van der Waals surface area contributed by atoms with Gasteiger partial charge in [0.05, 0.1) is 6.20 Å². The molecule has 0 aliphatic carbocycles. The highest BCUT2D eigenvalue weighted by molar-refractivity contribution is 5.36. The van der Waals surface area contributed by atoms with E-state index < -0.39 is 11.6 Å². The zero-order valence-electron chi connectivity index (χ0n) is 7.27. The minimum Gasteiger partial charge on any atom is -0.364 e. The number of hydrogen-bond acceptors (Lipinski definition) is 2. The number of rotatable bonds is 3. The highest BCUT2D eigenvalue weighted by Gasteiger charge is 2.03. The SMILES string of the molecule is C=C(C)CNc1ncc(F)cc1F. The molecule has 0 amide bonds. The summed E-state index contributed by atoms with van der Waals surface area (Å²) in [6, 6.07) is 0.785. The highest BCUT2D eigenvalue weighted by atomic mass is 19.1. The van der Waals surface area contributed by atoms with Crippen molar-refractivity contribution in [1.29, 1.82) is 0 Å². The van der Waals surface area contributed by atoms with Gasteiger partial charge < -0.3 is 5.32 Å². The molecule has 0 unspecified atom stereocenters. The van der Waals surface area contributed by atoms with Gasteiger partial charge in [-0.15, -0.1) is 0 Å². The molecule has 0 atom stereocenters. The third-order valence-electron chi connectivity index (χ3n) is 1.37. The van der Waals surface area contributed by atoms with E-state index in [-0.39, 0.29) is 5.82 Å². The molecule has 0 aliphatic heterocycles. The van der Waals surface area contributed by atoms with Gasteiger partial charge in [-0.1, -0.05) is 12.2 Å². The average molecular weight is 184 g/mol. The monoisotopic (exact) mass is 184 g/mol. The summed E-state index contributed by atoms with van der Waals surface area (Å²) in [6.45, 7) is 5.86. The van der Waals surface area contributed by atoms with Gasteiger partial charge in [-0.2, -0.15) is 0 Å². The van der Waals surface area contributed by atoms with Gasteiger partial charge >= 0.3 is 0 Å². The highest BCUT2D eigenvalue weighted by Crippen LogP contribution is 2.10. The minimum absolute atomic E-state index is 0.0457. The molecule has 0 aromatic carbocycles. The van der Waals surface area contributed by atoms with Gasteiger partial charge in [0, 0.05) is 12.6 Å². The molecule has 0 bridgehead atoms. The Labute approximate surface area is 75.3 Å². The number of nitrogens with zero attached hydrogens (tertiary/aromatic N) is 1. The van der Waals surface area contributed by atoms with Crippen molar-refractivity contribution in [1.82, 2.24) is 4.98 Å². The maximum absolute atomic E-state index is 12.9. The van der Waals surface area contributed by atoms with Crippen molar-refractivity contribution in [2.45, 2.75) is 6.92 Å². The molecule has 1 N–H and O–H groups in total. The maximum Gasteiger partial charge on any atom is 0.168 e. The van der Waals surface area contributed by atoms with Crippen molar-refractivity contribution in [2.75, 3.05) is 11.9 Å². The summed E-state index contributed by atoms with van der Waals surface area (Å²) in [5.74, 6) is -1.33. The molecule has 0 fully saturated rings. The van der Waals surface area contributed by atoms with Crippen molar-refractivity contribution in [2.24, 2.45) is 0 Å². The first-order valence-electron chi connectivity index (χ1n) is 3.79. The molecule has 0 saturated heterocycles. The van der Waals surface area contributed by atoms with Gasteiger partial charge in [-0.25, -0.2) is 13.8 Å². The summed E-state index contributed by atoms with van der Waals surface area (Å²) in [5, 5.41) is 2.69. The first-order chi connectivity index (χ1) is 6.09. The first kappa shape index (κ1) is 9.64. The van der Waals surface area contributed by atoms with Crippen molar-refractivity contribution < 1.29 is 8.78 Å². The quantitative estimate of drug-likeness (QED) is 0.729. The second-order valence-electron chi connectivity index (χ2n) is 2.79. The molecule has 0 saturated carbocycles. The topological polar surface area (TPSA) is 24.9 Å². The molecule has 13 heavy (non-hydrogen) atoms. The lowest BCUT2D eigenvalue weighted by Gasteiger charge is -2.05. The molecule has 70 valence electrons. The van der Waals surface area contributed by atoms with Crippen LogP contribution in [0.5, 0.6) is 0 Å². The zero-order chi connectivity index (χ0) is 9.84. The zero-order valence-corrected chi connectivity index (χ0v) is 7.27. The Morgan fingerprint density at radius 3 is 2.85 bits per heavy atom. The van der Waals surface area contributed by atoms with Crippen LogP contribution in [0, 0.1) is 11.6 Å². The van der Waals surface area contributed by atoms with E-state index >= 15 is 0 Å². The van der Waals surface area contributed by atoms with Crippen LogP contribution in [0.1, 0.15) is 6.92 Å². The Balaban J connectivity index is 2.72. The number of hydrogen-bond donors (Lipinski definition) is 1. The van der Waals surface area contributed by atoms with Crippen LogP contribution >= 0.6 is 0 Å². The van der Waals surface area contributed by atoms with Gasteiger partial charge in [0.15, 0.2) is 11.6 Å². The van der Waals surface area contributed by atoms with E-state index in [2.05, 4.69) is 16.9 Å². The van der Waals surface area contributed by atoms with Crippen LogP contribution in [0.15, 0.2) is 24.4 Å². The molecule has 0 spiro atoms. The van der Waals surface area contributed by atoms with Gasteiger partial charge in [0.25, 0.3) is 0 Å². The predicted molar refractivity (Wildman–Crippen MR) is 47.5 cm³/mol. The lowest BCUT2D eigenvalue weighted by molar-refractivity contribution is 0.576. The second-order valence-corrected chi connectivity index (χ2v) is 2.79. The van der Waals surface area contributed by atoms with Crippen molar-refractivity contribution in [3.63, 3.8) is 0 Å². The lowest BCUT2D eigenvalue weighted by Crippen LogP contribution is -2.05. The number of halogens is 2. The minimum atomic E-state index is -0.693. The van der Waals surface area contributed by atoms with Crippen molar-refractivity contribution in [3.05, 3.63) is 36.0 Å². The van der Waals surface area contributed by atoms with Gasteiger partial charge in [0.1, 0.15) is 5.82 Å². The number of pyridine rings is 1. The molecule has 1 heterocycles. The molecular formula is C9H10F2N2. The number of aromatic nitrogens is 1. The van der Waals surface area contributed by atoms with E-state index in [9.17, 15) is 8.78 Å². The summed E-state index contributed by atoms with van der Waals surface area (Å²) in [5.41, 5.74) is 0.852. The fraction of sp³-hybridized carbons (Fsp3) is 0.222. The molecule has 1 aromatic heterocycles. The largest absolute Gasteiger partial charge is 0.364 e. The summed E-state index contributed by atoms with van der Waals surface area (Å²) < 4.78 is 25.3. The Morgan fingerprint density at radius 1 is 1.62 bits per heavy atom. The Kier molecular flexibility index (Phi) is 2.95. The smallest absolute Gasteiger partial charge is 0.168 e. The molecular weight excluding hydrogens is 174 g/mol. The van der Waals surface area contributed by atoms with Gasteiger partial charge in [-0.05, 0) is 6.92 Å². The fourth-order valence-electron chi connectivity index (χ4n) is 0.779. The van der Waals surface area contributed by atoms with Crippen LogP contribution in [-0.4, -0.2) is 11.5 Å². The van der Waals surface area contributed by atoms with Crippen molar-refractivity contribution >= 4 is 5.82 Å². The fourth-order valence-corrected chi connectivity index (χ4v) is 0.779. The van der Waals surface area contributed by atoms with E-state index in [0.717, 1.165) is 17.8 Å². The molecule has 4 heteroatoms. The van der Waals surface area contributed by atoms with Crippen LogP contribution < -0.4 is 5.32 Å². The number of nitrogens with one attached hydrogen (secondary N) is 1. The van der Waals surface area contributed by atoms with E-state index in [1.165, 1.54) is 0 Å². The van der Waals surface area contributed by atoms with Crippen LogP contribution in [0.2, 0.25) is 0 Å². The molecule has 2 nitrogen and oxygen atoms in total. The first-order valence-corrected chi connectivity index (χ1v) is 3.79. The van der Waals surface area contributed by atoms with E-state index in [1.54, 1.807) is 6.92 Å². The van der Waals surface area contributed by atoms with Crippen LogP contribution in [0.4, 0.5) is 14.6 Å². The molecule has 1 aromatic rings. The summed E-state index contributed by atoms with van der Waals surface area (Å²) in [6.07, 6.45) is 0.962. The maximum atomic E-state index is 12.9. The standard InChI is InChI=1S/C9H10F2N2/c1-6(2)4-12-9-8(11)3-7(10)5-13-9/h3,5H,1,4H2,2H3,(H,12,13). The van der Waals surface area contributed by atoms with Crippen LogP contribution in [0.3, 0.4) is 0 Å². The Hall–Kier alpha value is -1.45. The number of anilines is 1. The summed E-state index contributed by atoms with van der Waals surface area (Å²) >= 11 is 0. The van der Waals surface area contributed by atoms with E-state index in [1.807, 2.05) is 0 Å². The lowest BCUT2D eigenvalue weighted by atomic mass is 10.3. The second kappa shape index (κ2) is 3.98. The third kappa shape index (κ3) is 2.82. The Morgan fingerprint density at radius 2 is 2.31 bits per heavy atom. The van der Waals surface area contributed by atoms with Gasteiger partial charge in [-0.3, -0.25) is 0 Å². The normalized spacial score (nSPS) is 9.77. The third-order valence-corrected chi connectivity index (χ3v) is 1.37. The average Bonchev–Trinajstić information content (AvgIpc) is 2.02. The van der Waals surface area contributed by atoms with Crippen molar-refractivity contribution in [3.8, 4) is 0 Å². The summed E-state index contributed by atoms with van der Waals surface area (Å²) in [7, 11) is 0. The van der Waals surface area contributed by atoms with E-state index in [4.69, 9.17) is 0 Å². The van der Waals surface area contributed by atoms with Crippen LogP contribution in [-0.2, 0) is 0 Å². The molecule has 0 aliphatic rings. The Bertz CT molecular complexity index is 323.